The fourth-order valence-electron chi connectivity index (χ4n) is 1.82. The molecule has 0 aliphatic rings. The highest BCUT2D eigenvalue weighted by Crippen LogP contribution is 2.25. The molecule has 0 saturated heterocycles. The number of hydrogen-bond donors (Lipinski definition) is 2. The molecule has 0 aliphatic heterocycles. The summed E-state index contributed by atoms with van der Waals surface area (Å²) in [6.45, 7) is 0.861. The Labute approximate surface area is 128 Å². The van der Waals surface area contributed by atoms with Gasteiger partial charge < -0.3 is 10.1 Å². The van der Waals surface area contributed by atoms with Gasteiger partial charge in [-0.1, -0.05) is 6.07 Å². The van der Waals surface area contributed by atoms with Gasteiger partial charge in [0.1, 0.15) is 10.6 Å². The average molecular weight is 327 g/mol. The Morgan fingerprint density at radius 2 is 2.14 bits per heavy atom. The van der Waals surface area contributed by atoms with Crippen LogP contribution in [0.3, 0.4) is 0 Å². The molecule has 114 valence electrons. The van der Waals surface area contributed by atoms with Gasteiger partial charge >= 0.3 is 0 Å². The number of sulfonamides is 1. The smallest absolute Gasteiger partial charge is 0.244 e. The lowest BCUT2D eigenvalue weighted by molar-refractivity contribution is 0.401. The zero-order valence-electron chi connectivity index (χ0n) is 11.8. The first-order valence-electron chi connectivity index (χ1n) is 6.25. The molecule has 0 atom stereocenters. The Hall–Kier alpha value is -1.48. The highest BCUT2D eigenvalue weighted by Gasteiger charge is 2.19. The number of rotatable bonds is 7. The number of thiazole rings is 1. The molecule has 0 saturated carbocycles. The summed E-state index contributed by atoms with van der Waals surface area (Å²) in [4.78, 5) is 4.90. The molecule has 2 rings (SSSR count). The molecule has 0 fully saturated rings. The van der Waals surface area contributed by atoms with Gasteiger partial charge in [-0.15, -0.1) is 11.3 Å². The fraction of sp³-hybridized carbons (Fsp3) is 0.308. The number of nitrogens with zero attached hydrogens (tertiary/aromatic N) is 1. The van der Waals surface area contributed by atoms with E-state index in [1.54, 1.807) is 29.9 Å². The normalized spacial score (nSPS) is 11.5. The van der Waals surface area contributed by atoms with Gasteiger partial charge in [0.05, 0.1) is 12.6 Å². The molecule has 0 amide bonds. The number of benzene rings is 1. The van der Waals surface area contributed by atoms with Crippen molar-refractivity contribution in [2.45, 2.75) is 18.0 Å². The summed E-state index contributed by atoms with van der Waals surface area (Å²) < 4.78 is 32.5. The minimum atomic E-state index is -3.63. The number of methoxy groups -OCH3 is 1. The average Bonchev–Trinajstić information content (AvgIpc) is 2.98. The van der Waals surface area contributed by atoms with Gasteiger partial charge in [0.25, 0.3) is 0 Å². The van der Waals surface area contributed by atoms with Crippen LogP contribution >= 0.6 is 11.3 Å². The van der Waals surface area contributed by atoms with Crippen molar-refractivity contribution in [3.05, 3.63) is 40.3 Å². The Morgan fingerprint density at radius 3 is 2.76 bits per heavy atom. The maximum Gasteiger partial charge on any atom is 0.244 e. The van der Waals surface area contributed by atoms with E-state index in [1.165, 1.54) is 18.4 Å². The van der Waals surface area contributed by atoms with Gasteiger partial charge in [0, 0.05) is 24.2 Å². The van der Waals surface area contributed by atoms with Gasteiger partial charge in [0.2, 0.25) is 10.0 Å². The molecule has 1 aromatic heterocycles. The molecule has 0 unspecified atom stereocenters. The standard InChI is InChI=1S/C13H17N3O3S2/c1-14-6-10-3-4-13(12(5-10)19-2)21(17,18)16-8-11-7-15-9-20-11/h3-5,7,9,14,16H,6,8H2,1-2H3. The molecule has 21 heavy (non-hydrogen) atoms. The van der Waals surface area contributed by atoms with E-state index in [4.69, 9.17) is 4.74 Å². The van der Waals surface area contributed by atoms with Gasteiger partial charge in [0.15, 0.2) is 0 Å². The molecule has 8 heteroatoms. The molecule has 6 nitrogen and oxygen atoms in total. The van der Waals surface area contributed by atoms with Crippen LogP contribution in [-0.2, 0) is 23.1 Å². The highest BCUT2D eigenvalue weighted by molar-refractivity contribution is 7.89. The lowest BCUT2D eigenvalue weighted by Crippen LogP contribution is -2.23. The van der Waals surface area contributed by atoms with E-state index < -0.39 is 10.0 Å². The van der Waals surface area contributed by atoms with Crippen molar-refractivity contribution in [2.24, 2.45) is 0 Å². The van der Waals surface area contributed by atoms with Gasteiger partial charge in [-0.3, -0.25) is 4.98 Å². The van der Waals surface area contributed by atoms with Crippen LogP contribution in [0.5, 0.6) is 5.75 Å². The van der Waals surface area contributed by atoms with Crippen molar-refractivity contribution in [1.82, 2.24) is 15.0 Å². The van der Waals surface area contributed by atoms with Crippen LogP contribution in [0.25, 0.3) is 0 Å². The third-order valence-corrected chi connectivity index (χ3v) is 5.04. The topological polar surface area (TPSA) is 80.3 Å². The van der Waals surface area contributed by atoms with Gasteiger partial charge in [-0.25, -0.2) is 13.1 Å². The number of aromatic nitrogens is 1. The van der Waals surface area contributed by atoms with E-state index >= 15 is 0 Å². The first-order valence-corrected chi connectivity index (χ1v) is 8.61. The van der Waals surface area contributed by atoms with Crippen molar-refractivity contribution < 1.29 is 13.2 Å². The van der Waals surface area contributed by atoms with Crippen LogP contribution in [0.15, 0.2) is 34.8 Å². The second-order valence-corrected chi connectivity index (χ2v) is 7.01. The fourth-order valence-corrected chi connectivity index (χ4v) is 3.60. The SMILES string of the molecule is CNCc1ccc(S(=O)(=O)NCc2cncs2)c(OC)c1. The summed E-state index contributed by atoms with van der Waals surface area (Å²) in [5, 5.41) is 3.01. The third-order valence-electron chi connectivity index (χ3n) is 2.82. The van der Waals surface area contributed by atoms with E-state index in [0.717, 1.165) is 10.4 Å². The molecule has 2 aromatic rings. The van der Waals surface area contributed by atoms with E-state index in [9.17, 15) is 8.42 Å². The van der Waals surface area contributed by atoms with Crippen molar-refractivity contribution in [2.75, 3.05) is 14.2 Å². The largest absolute Gasteiger partial charge is 0.495 e. The molecule has 1 heterocycles. The Morgan fingerprint density at radius 1 is 1.33 bits per heavy atom. The monoisotopic (exact) mass is 327 g/mol. The van der Waals surface area contributed by atoms with Crippen LogP contribution in [0.1, 0.15) is 10.4 Å². The predicted molar refractivity (Wildman–Crippen MR) is 81.9 cm³/mol. The summed E-state index contributed by atoms with van der Waals surface area (Å²) in [5.41, 5.74) is 2.62. The third kappa shape index (κ3) is 4.01. The zero-order chi connectivity index (χ0) is 15.3. The van der Waals surface area contributed by atoms with E-state index in [2.05, 4.69) is 15.0 Å². The summed E-state index contributed by atoms with van der Waals surface area (Å²) in [5.74, 6) is 0.333. The molecule has 0 bridgehead atoms. The molecule has 0 radical (unpaired) electrons. The van der Waals surface area contributed by atoms with Crippen molar-refractivity contribution >= 4 is 21.4 Å². The number of ether oxygens (including phenoxy) is 1. The first-order chi connectivity index (χ1) is 10.1. The lowest BCUT2D eigenvalue weighted by atomic mass is 10.2. The Bertz CT molecular complexity index is 685. The summed E-state index contributed by atoms with van der Waals surface area (Å²) in [6.07, 6.45) is 1.64. The van der Waals surface area contributed by atoms with Crippen molar-refractivity contribution in [3.63, 3.8) is 0 Å². The van der Waals surface area contributed by atoms with Gasteiger partial charge in [-0.05, 0) is 24.7 Å². The Kier molecular flexibility index (Phi) is 5.29. The van der Waals surface area contributed by atoms with Crippen LogP contribution in [0, 0.1) is 0 Å². The van der Waals surface area contributed by atoms with Crippen molar-refractivity contribution in [3.8, 4) is 5.75 Å². The molecule has 0 aliphatic carbocycles. The maximum absolute atomic E-state index is 12.4. The molecule has 1 aromatic carbocycles. The lowest BCUT2D eigenvalue weighted by Gasteiger charge is -2.12. The summed E-state index contributed by atoms with van der Waals surface area (Å²) >= 11 is 1.40. The minimum absolute atomic E-state index is 0.134. The zero-order valence-corrected chi connectivity index (χ0v) is 13.4. The van der Waals surface area contributed by atoms with E-state index in [0.29, 0.717) is 12.3 Å². The van der Waals surface area contributed by atoms with Crippen molar-refractivity contribution in [1.29, 1.82) is 0 Å². The maximum atomic E-state index is 12.4. The van der Waals surface area contributed by atoms with Crippen LogP contribution in [-0.4, -0.2) is 27.6 Å². The van der Waals surface area contributed by atoms with Crippen LogP contribution in [0.4, 0.5) is 0 Å². The Balaban J connectivity index is 2.22. The number of hydrogen-bond acceptors (Lipinski definition) is 6. The number of nitrogens with one attached hydrogen (secondary N) is 2. The van der Waals surface area contributed by atoms with Crippen LogP contribution in [0.2, 0.25) is 0 Å². The molecule has 2 N–H and O–H groups in total. The van der Waals surface area contributed by atoms with Crippen LogP contribution < -0.4 is 14.8 Å². The van der Waals surface area contributed by atoms with Gasteiger partial charge in [-0.2, -0.15) is 0 Å². The second-order valence-electron chi connectivity index (χ2n) is 4.31. The first kappa shape index (κ1) is 15.9. The minimum Gasteiger partial charge on any atom is -0.495 e. The quantitative estimate of drug-likeness (QED) is 0.802. The predicted octanol–water partition coefficient (Wildman–Crippen LogP) is 1.35. The second kappa shape index (κ2) is 6.99. The van der Waals surface area contributed by atoms with E-state index in [1.807, 2.05) is 7.05 Å². The molecule has 0 spiro atoms. The molecular weight excluding hydrogens is 310 g/mol. The summed E-state index contributed by atoms with van der Waals surface area (Å²) in [6, 6.07) is 5.04. The molecular formula is C13H17N3O3S2. The summed E-state index contributed by atoms with van der Waals surface area (Å²) in [7, 11) is -0.341. The highest BCUT2D eigenvalue weighted by atomic mass is 32.2. The van der Waals surface area contributed by atoms with E-state index in [-0.39, 0.29) is 11.4 Å².